The molecule has 0 saturated carbocycles. The topological polar surface area (TPSA) is 272 Å². The minimum absolute atomic E-state index is 0. The fraction of sp³-hybridized carbons (Fsp3) is 0.129. The summed E-state index contributed by atoms with van der Waals surface area (Å²) in [7, 11) is 0. The molecular formula is C31H33KN6O10. The van der Waals surface area contributed by atoms with E-state index in [0.717, 1.165) is 5.56 Å². The Balaban J connectivity index is -0.000000294. The Bertz CT molecular complexity index is 1710. The zero-order chi connectivity index (χ0) is 36.6. The van der Waals surface area contributed by atoms with E-state index < -0.39 is 20.7 Å². The molecule has 17 heteroatoms. The van der Waals surface area contributed by atoms with Crippen LogP contribution in [-0.2, 0) is 0 Å². The van der Waals surface area contributed by atoms with Gasteiger partial charge in [0.2, 0.25) is 11.8 Å². The molecule has 0 atom stereocenters. The number of ketones is 1. The Kier molecular flexibility index (Phi) is 21.5. The fourth-order valence-electron chi connectivity index (χ4n) is 3.06. The largest absolute Gasteiger partial charge is 1.00 e. The van der Waals surface area contributed by atoms with Gasteiger partial charge < -0.3 is 21.4 Å². The maximum Gasteiger partial charge on any atom is 1.00 e. The van der Waals surface area contributed by atoms with Gasteiger partial charge in [0.15, 0.2) is 5.78 Å². The first kappa shape index (κ1) is 42.9. The van der Waals surface area contributed by atoms with Crippen LogP contribution >= 0.6 is 0 Å². The van der Waals surface area contributed by atoms with Gasteiger partial charge in [0.1, 0.15) is 5.76 Å². The molecule has 0 aliphatic rings. The Labute approximate surface area is 321 Å². The smallest absolute Gasteiger partial charge is 0.870 e. The van der Waals surface area contributed by atoms with E-state index in [9.17, 15) is 39.9 Å². The van der Waals surface area contributed by atoms with Gasteiger partial charge >= 0.3 is 51.4 Å². The van der Waals surface area contributed by atoms with Crippen LogP contribution in [0.25, 0.3) is 11.5 Å². The number of terminal acetylenes is 2. The van der Waals surface area contributed by atoms with Gasteiger partial charge in [-0.1, -0.05) is 5.92 Å². The molecule has 0 saturated heterocycles. The van der Waals surface area contributed by atoms with Crippen molar-refractivity contribution in [2.45, 2.75) is 19.8 Å². The number of aryl methyl sites for hydroxylation is 1. The first-order valence-corrected chi connectivity index (χ1v) is 12.9. The Morgan fingerprint density at radius 2 is 1.23 bits per heavy atom. The second-order valence-electron chi connectivity index (χ2n) is 8.59. The number of amides is 1. The number of benzene rings is 3. The standard InChI is InChI=1S/C11H9NO3.C10H8N2O3.C7H6N2O3.C3H5N.K.H2O.2H2/c1-2-3-4-11(13)9-5-7-10(8-6-9)12(14)15;1-7-6-11-10(15-7)8-2-4-9(5-3-8)12(13)14;8-7(10)5-1-3-6(4-2-5)9(11)12;1-2-3-4;;;;/h1,5-8H,3-4H2;2-6H,1H3;1-4H,(H2,8,10);1H,3-4H2;;1H2;2*1H/q;;;;+1;;;/p-1/i;;;;;;1+2T;1+2. The number of nitrogens with two attached hydrogens (primary N) is 2. The average molecular weight is 695 g/mol. The summed E-state index contributed by atoms with van der Waals surface area (Å²) in [6.45, 7) is 2.14. The van der Waals surface area contributed by atoms with Crippen molar-refractivity contribution in [1.29, 1.82) is 0 Å². The number of Topliss-reactive ketones (excluding diaryl/α,β-unsaturated/α-hetero) is 1. The van der Waals surface area contributed by atoms with E-state index in [-0.39, 0.29) is 93.1 Å². The summed E-state index contributed by atoms with van der Waals surface area (Å²) in [5, 5.41) is 30.9. The Hall–Kier alpha value is -5.11. The summed E-state index contributed by atoms with van der Waals surface area (Å²) in [4.78, 5) is 55.4. The number of hydrogen-bond acceptors (Lipinski definition) is 12. The summed E-state index contributed by atoms with van der Waals surface area (Å²) in [5.41, 5.74) is 11.1. The summed E-state index contributed by atoms with van der Waals surface area (Å²) in [6, 6.07) is 16.7. The molecule has 0 radical (unpaired) electrons. The average Bonchev–Trinajstić information content (AvgIpc) is 3.54. The number of non-ortho nitro benzene ring substituents is 3. The number of rotatable bonds is 8. The van der Waals surface area contributed by atoms with Crippen molar-refractivity contribution >= 4 is 28.8 Å². The summed E-state index contributed by atoms with van der Waals surface area (Å²) >= 11 is 0. The van der Waals surface area contributed by atoms with Crippen LogP contribution < -0.4 is 62.9 Å². The Morgan fingerprint density at radius 3 is 1.54 bits per heavy atom. The van der Waals surface area contributed by atoms with Gasteiger partial charge in [-0.05, 0) is 43.3 Å². The normalized spacial score (nSPS) is 9.00. The molecule has 248 valence electrons. The van der Waals surface area contributed by atoms with Crippen molar-refractivity contribution in [2.75, 3.05) is 6.54 Å². The van der Waals surface area contributed by atoms with Gasteiger partial charge in [-0.3, -0.25) is 39.9 Å². The number of nitro benzene ring substituents is 3. The summed E-state index contributed by atoms with van der Waals surface area (Å²) in [6.07, 6.45) is 11.9. The van der Waals surface area contributed by atoms with Gasteiger partial charge in [-0.25, -0.2) is 4.98 Å². The minimum atomic E-state index is -0.593. The molecule has 3 aromatic carbocycles. The van der Waals surface area contributed by atoms with Crippen molar-refractivity contribution in [3.63, 3.8) is 0 Å². The Morgan fingerprint density at radius 1 is 0.833 bits per heavy atom. The third-order valence-electron chi connectivity index (χ3n) is 5.32. The molecule has 16 nitrogen and oxygen atoms in total. The molecule has 0 aliphatic carbocycles. The first-order valence-electron chi connectivity index (χ1n) is 13.9. The molecule has 0 bridgehead atoms. The quantitative estimate of drug-likeness (QED) is 0.0884. The number of nitro groups is 3. The summed E-state index contributed by atoms with van der Waals surface area (Å²) < 4.78 is 15.3. The zero-order valence-corrected chi connectivity index (χ0v) is 29.0. The van der Waals surface area contributed by atoms with E-state index in [1.54, 1.807) is 25.3 Å². The molecule has 4 aromatic rings. The summed E-state index contributed by atoms with van der Waals surface area (Å²) in [5.74, 6) is 5.08. The van der Waals surface area contributed by atoms with Gasteiger partial charge in [0.25, 0.3) is 17.1 Å². The van der Waals surface area contributed by atoms with Crippen molar-refractivity contribution in [3.8, 4) is 36.1 Å². The van der Waals surface area contributed by atoms with Crippen LogP contribution in [0.3, 0.4) is 0 Å². The van der Waals surface area contributed by atoms with Crippen LogP contribution in [0.15, 0.2) is 83.4 Å². The number of carbonyl (C=O) groups excluding carboxylic acids is 2. The third kappa shape index (κ3) is 16.4. The van der Waals surface area contributed by atoms with Crippen LogP contribution in [0.1, 0.15) is 43.7 Å². The number of hydrogen-bond donors (Lipinski definition) is 2. The number of oxazole rings is 1. The molecule has 0 spiro atoms. The molecule has 4 rings (SSSR count). The van der Waals surface area contributed by atoms with Crippen LogP contribution in [-0.4, -0.2) is 43.5 Å². The predicted octanol–water partition coefficient (Wildman–Crippen LogP) is 2.34. The number of aromatic nitrogens is 1. The van der Waals surface area contributed by atoms with Gasteiger partial charge in [0, 0.05) is 70.3 Å². The molecule has 0 unspecified atom stereocenters. The zero-order valence-electron chi connectivity index (χ0n) is 27.8. The monoisotopic (exact) mass is 694 g/mol. The van der Waals surface area contributed by atoms with Crippen molar-refractivity contribution in [1.82, 2.24) is 4.98 Å². The number of nitrogens with zero attached hydrogens (tertiary/aromatic N) is 4. The van der Waals surface area contributed by atoms with Gasteiger partial charge in [0.05, 0.1) is 27.5 Å². The molecule has 1 aromatic heterocycles. The number of carbonyl (C=O) groups is 2. The van der Waals surface area contributed by atoms with Crippen LogP contribution in [0.5, 0.6) is 0 Å². The molecule has 48 heavy (non-hydrogen) atoms. The van der Waals surface area contributed by atoms with Crippen LogP contribution in [0.4, 0.5) is 17.1 Å². The van der Waals surface area contributed by atoms with Gasteiger partial charge in [-0.2, -0.15) is 0 Å². The predicted molar refractivity (Wildman–Crippen MR) is 174 cm³/mol. The molecular weight excluding hydrogens is 655 g/mol. The van der Waals surface area contributed by atoms with E-state index in [1.165, 1.54) is 60.7 Å². The second-order valence-corrected chi connectivity index (χ2v) is 8.59. The third-order valence-corrected chi connectivity index (χ3v) is 5.32. The second kappa shape index (κ2) is 24.1. The molecule has 5 N–H and O–H groups in total. The minimum Gasteiger partial charge on any atom is -0.870 e. The first-order chi connectivity index (χ1) is 22.8. The SMILES string of the molecule is C#CCCC(=O)c1ccc([N+](=O)[O-])cc1.C#CCN.Cc1cnc(-c2ccc([N+](=O)[O-])cc2)o1.NC(=O)c1ccc([N+](=O)[O-])cc1.[3HH].[3H][3H].[K+].[OH-]. The molecule has 1 amide bonds. The number of primary amides is 1. The maximum atomic E-state index is 11.4. The fourth-order valence-corrected chi connectivity index (χ4v) is 3.06. The van der Waals surface area contributed by atoms with E-state index in [4.69, 9.17) is 25.3 Å². The van der Waals surface area contributed by atoms with Crippen molar-refractivity contribution in [3.05, 3.63) is 126 Å². The van der Waals surface area contributed by atoms with Crippen LogP contribution in [0.2, 0.25) is 0 Å². The van der Waals surface area contributed by atoms with Crippen molar-refractivity contribution < 1.29 is 90.0 Å². The van der Waals surface area contributed by atoms with E-state index in [1.807, 2.05) is 0 Å². The van der Waals surface area contributed by atoms with E-state index in [0.29, 0.717) is 30.2 Å². The van der Waals surface area contributed by atoms with Crippen molar-refractivity contribution in [2.24, 2.45) is 11.5 Å². The van der Waals surface area contributed by atoms with E-state index in [2.05, 4.69) is 23.2 Å². The molecule has 0 aliphatic heterocycles. The van der Waals surface area contributed by atoms with E-state index >= 15 is 0 Å². The molecule has 1 heterocycles. The maximum absolute atomic E-state index is 11.4. The van der Waals surface area contributed by atoms with Crippen LogP contribution in [0, 0.1) is 62.0 Å². The molecule has 0 fully saturated rings. The van der Waals surface area contributed by atoms with Gasteiger partial charge in [-0.15, -0.1) is 18.8 Å².